The lowest BCUT2D eigenvalue weighted by Crippen LogP contribution is -2.28. The van der Waals surface area contributed by atoms with Gasteiger partial charge in [-0.15, -0.1) is 0 Å². The van der Waals surface area contributed by atoms with Crippen LogP contribution < -0.4 is 9.47 Å². The molecule has 1 aliphatic rings. The number of methoxy groups -OCH3 is 1. The molecule has 8 nitrogen and oxygen atoms in total. The quantitative estimate of drug-likeness (QED) is 0.569. The zero-order valence-corrected chi connectivity index (χ0v) is 17.6. The molecule has 158 valence electrons. The Kier molecular flexibility index (Phi) is 5.74. The molecule has 0 saturated carbocycles. The summed E-state index contributed by atoms with van der Waals surface area (Å²) < 4.78 is 43.3. The molecule has 0 spiro atoms. The predicted octanol–water partition coefficient (Wildman–Crippen LogP) is 3.14. The van der Waals surface area contributed by atoms with E-state index in [1.165, 1.54) is 4.31 Å². The van der Waals surface area contributed by atoms with Gasteiger partial charge in [-0.2, -0.15) is 9.29 Å². The van der Waals surface area contributed by atoms with E-state index >= 15 is 0 Å². The van der Waals surface area contributed by atoms with Crippen molar-refractivity contribution in [3.05, 3.63) is 65.8 Å². The number of rotatable bonds is 7. The van der Waals surface area contributed by atoms with E-state index in [-0.39, 0.29) is 17.4 Å². The fourth-order valence-corrected chi connectivity index (χ4v) is 4.83. The summed E-state index contributed by atoms with van der Waals surface area (Å²) in [5.41, 5.74) is 1.15. The summed E-state index contributed by atoms with van der Waals surface area (Å²) in [6, 6.07) is 14.1. The smallest absolute Gasteiger partial charge is 0.264 e. The Labute approximate surface area is 175 Å². The van der Waals surface area contributed by atoms with Crippen LogP contribution in [0.3, 0.4) is 0 Å². The van der Waals surface area contributed by atoms with Crippen LogP contribution in [0.15, 0.2) is 57.9 Å². The predicted molar refractivity (Wildman–Crippen MR) is 109 cm³/mol. The zero-order chi connectivity index (χ0) is 21.1. The van der Waals surface area contributed by atoms with Gasteiger partial charge in [-0.3, -0.25) is 0 Å². The third-order valence-corrected chi connectivity index (χ3v) is 6.96. The van der Waals surface area contributed by atoms with Crippen LogP contribution in [0.2, 0.25) is 0 Å². The van der Waals surface area contributed by atoms with Crippen LogP contribution in [0.5, 0.6) is 11.5 Å². The molecule has 1 aliphatic heterocycles. The SMILES string of the molecule is COc1ccc(S(=O)(=O)N2CCC(c3noc(COc4ccc(C)cc4)n3)C2)cc1. The number of nitrogens with zero attached hydrogens (tertiary/aromatic N) is 3. The summed E-state index contributed by atoms with van der Waals surface area (Å²) in [5.74, 6) is 2.08. The minimum atomic E-state index is -3.58. The lowest BCUT2D eigenvalue weighted by Gasteiger charge is -2.16. The summed E-state index contributed by atoms with van der Waals surface area (Å²) in [5, 5.41) is 4.03. The van der Waals surface area contributed by atoms with E-state index in [0.29, 0.717) is 37.0 Å². The number of sulfonamides is 1. The van der Waals surface area contributed by atoms with Crippen LogP contribution in [-0.2, 0) is 16.6 Å². The summed E-state index contributed by atoms with van der Waals surface area (Å²) in [6.07, 6.45) is 0.632. The van der Waals surface area contributed by atoms with Crippen molar-refractivity contribution in [1.29, 1.82) is 0 Å². The number of aryl methyl sites for hydroxylation is 1. The highest BCUT2D eigenvalue weighted by Crippen LogP contribution is 2.30. The van der Waals surface area contributed by atoms with E-state index in [1.807, 2.05) is 31.2 Å². The van der Waals surface area contributed by atoms with E-state index in [1.54, 1.807) is 31.4 Å². The van der Waals surface area contributed by atoms with Gasteiger partial charge in [-0.05, 0) is 49.7 Å². The van der Waals surface area contributed by atoms with Gasteiger partial charge >= 0.3 is 0 Å². The Morgan fingerprint density at radius 1 is 1.10 bits per heavy atom. The molecule has 0 aliphatic carbocycles. The van der Waals surface area contributed by atoms with Gasteiger partial charge in [0.1, 0.15) is 11.5 Å². The molecule has 1 aromatic heterocycles. The Morgan fingerprint density at radius 2 is 1.80 bits per heavy atom. The molecule has 2 aromatic carbocycles. The van der Waals surface area contributed by atoms with E-state index in [4.69, 9.17) is 14.0 Å². The monoisotopic (exact) mass is 429 g/mol. The van der Waals surface area contributed by atoms with Crippen molar-refractivity contribution in [2.45, 2.75) is 30.8 Å². The van der Waals surface area contributed by atoms with Crippen molar-refractivity contribution in [2.24, 2.45) is 0 Å². The Hall–Kier alpha value is -2.91. The molecule has 1 saturated heterocycles. The fourth-order valence-electron chi connectivity index (χ4n) is 3.33. The maximum Gasteiger partial charge on any atom is 0.264 e. The molecular weight excluding hydrogens is 406 g/mol. The van der Waals surface area contributed by atoms with Gasteiger partial charge in [0.15, 0.2) is 12.4 Å². The Bertz CT molecular complexity index is 1090. The second-order valence-corrected chi connectivity index (χ2v) is 9.11. The lowest BCUT2D eigenvalue weighted by atomic mass is 10.1. The summed E-state index contributed by atoms with van der Waals surface area (Å²) in [7, 11) is -2.04. The first-order chi connectivity index (χ1) is 14.5. The Balaban J connectivity index is 1.38. The average molecular weight is 429 g/mol. The number of ether oxygens (including phenoxy) is 2. The van der Waals surface area contributed by atoms with Crippen LogP contribution in [0, 0.1) is 6.92 Å². The largest absolute Gasteiger partial charge is 0.497 e. The lowest BCUT2D eigenvalue weighted by molar-refractivity contribution is 0.242. The molecule has 0 bridgehead atoms. The molecule has 9 heteroatoms. The van der Waals surface area contributed by atoms with E-state index in [0.717, 1.165) is 11.3 Å². The molecule has 0 N–H and O–H groups in total. The average Bonchev–Trinajstić information content (AvgIpc) is 3.43. The highest BCUT2D eigenvalue weighted by molar-refractivity contribution is 7.89. The molecule has 1 unspecified atom stereocenters. The first-order valence-electron chi connectivity index (χ1n) is 9.62. The van der Waals surface area contributed by atoms with Gasteiger partial charge in [0.25, 0.3) is 5.89 Å². The highest BCUT2D eigenvalue weighted by atomic mass is 32.2. The van der Waals surface area contributed by atoms with Crippen molar-refractivity contribution in [1.82, 2.24) is 14.4 Å². The fraction of sp³-hybridized carbons (Fsp3) is 0.333. The van der Waals surface area contributed by atoms with E-state index < -0.39 is 10.0 Å². The minimum Gasteiger partial charge on any atom is -0.497 e. The second-order valence-electron chi connectivity index (χ2n) is 7.17. The van der Waals surface area contributed by atoms with Gasteiger partial charge in [-0.1, -0.05) is 22.9 Å². The summed E-state index contributed by atoms with van der Waals surface area (Å²) in [4.78, 5) is 4.64. The van der Waals surface area contributed by atoms with Crippen LogP contribution >= 0.6 is 0 Å². The number of hydrogen-bond donors (Lipinski definition) is 0. The van der Waals surface area contributed by atoms with Gasteiger partial charge in [-0.25, -0.2) is 8.42 Å². The first-order valence-corrected chi connectivity index (χ1v) is 11.1. The van der Waals surface area contributed by atoms with Gasteiger partial charge < -0.3 is 14.0 Å². The van der Waals surface area contributed by atoms with Crippen molar-refractivity contribution >= 4 is 10.0 Å². The molecule has 4 rings (SSSR count). The molecule has 3 aromatic rings. The maximum atomic E-state index is 12.9. The molecule has 30 heavy (non-hydrogen) atoms. The van der Waals surface area contributed by atoms with Crippen LogP contribution in [0.25, 0.3) is 0 Å². The van der Waals surface area contributed by atoms with Crippen molar-refractivity contribution in [3.8, 4) is 11.5 Å². The van der Waals surface area contributed by atoms with E-state index in [2.05, 4.69) is 10.1 Å². The molecule has 1 fully saturated rings. The zero-order valence-electron chi connectivity index (χ0n) is 16.8. The van der Waals surface area contributed by atoms with Gasteiger partial charge in [0, 0.05) is 19.0 Å². The number of aromatic nitrogens is 2. The normalized spacial score (nSPS) is 17.2. The van der Waals surface area contributed by atoms with Gasteiger partial charge in [0.05, 0.1) is 12.0 Å². The standard InChI is InChI=1S/C21H23N3O5S/c1-15-3-5-18(6-4-15)28-14-20-22-21(23-29-20)16-11-12-24(13-16)30(25,26)19-9-7-17(27-2)8-10-19/h3-10,16H,11-14H2,1-2H3. The first kappa shape index (κ1) is 20.4. The molecule has 0 radical (unpaired) electrons. The Morgan fingerprint density at radius 3 is 2.50 bits per heavy atom. The second kappa shape index (κ2) is 8.45. The summed E-state index contributed by atoms with van der Waals surface area (Å²) >= 11 is 0. The molecular formula is C21H23N3O5S. The number of hydrogen-bond acceptors (Lipinski definition) is 7. The number of benzene rings is 2. The topological polar surface area (TPSA) is 94.8 Å². The third kappa shape index (κ3) is 4.31. The van der Waals surface area contributed by atoms with Crippen molar-refractivity contribution in [2.75, 3.05) is 20.2 Å². The highest BCUT2D eigenvalue weighted by Gasteiger charge is 2.35. The molecule has 0 amide bonds. The van der Waals surface area contributed by atoms with Crippen LogP contribution in [0.4, 0.5) is 0 Å². The van der Waals surface area contributed by atoms with Crippen LogP contribution in [-0.4, -0.2) is 43.1 Å². The molecule has 2 heterocycles. The molecule has 1 atom stereocenters. The van der Waals surface area contributed by atoms with Crippen LogP contribution in [0.1, 0.15) is 29.6 Å². The maximum absolute atomic E-state index is 12.9. The third-order valence-electron chi connectivity index (χ3n) is 5.08. The van der Waals surface area contributed by atoms with Gasteiger partial charge in [0.2, 0.25) is 10.0 Å². The van der Waals surface area contributed by atoms with E-state index in [9.17, 15) is 8.42 Å². The van der Waals surface area contributed by atoms with Crippen molar-refractivity contribution < 1.29 is 22.4 Å². The minimum absolute atomic E-state index is 0.116. The van der Waals surface area contributed by atoms with Crippen molar-refractivity contribution in [3.63, 3.8) is 0 Å². The summed E-state index contributed by atoms with van der Waals surface area (Å²) in [6.45, 7) is 2.89.